The highest BCUT2D eigenvalue weighted by molar-refractivity contribution is 5.00. The molecule has 4 nitrogen and oxygen atoms in total. The summed E-state index contributed by atoms with van der Waals surface area (Å²) in [5.41, 5.74) is 0. The average Bonchev–Trinajstić information content (AvgIpc) is 2.45. The second-order valence-electron chi connectivity index (χ2n) is 3.52. The summed E-state index contributed by atoms with van der Waals surface area (Å²) in [6, 6.07) is 0. The van der Waals surface area contributed by atoms with Gasteiger partial charge in [-0.15, -0.1) is 0 Å². The van der Waals surface area contributed by atoms with Crippen molar-refractivity contribution in [1.82, 2.24) is 15.5 Å². The second kappa shape index (κ2) is 3.80. The van der Waals surface area contributed by atoms with Crippen LogP contribution in [0.1, 0.15) is 24.1 Å². The molecule has 1 saturated heterocycles. The van der Waals surface area contributed by atoms with Gasteiger partial charge < -0.3 is 9.84 Å². The van der Waals surface area contributed by atoms with Gasteiger partial charge in [0.05, 0.1) is 12.3 Å². The minimum Gasteiger partial charge on any atom is -0.339 e. The highest BCUT2D eigenvalue weighted by Crippen LogP contribution is 2.22. The van der Waals surface area contributed by atoms with Crippen molar-refractivity contribution in [2.24, 2.45) is 0 Å². The number of hydrogen-bond donors (Lipinski definition) is 1. The molecule has 0 bridgehead atoms. The Morgan fingerprint density at radius 2 is 2.13 bits per heavy atom. The van der Waals surface area contributed by atoms with E-state index in [1.165, 1.54) is 0 Å². The van der Waals surface area contributed by atoms with Crippen molar-refractivity contribution in [2.45, 2.75) is 24.9 Å². The molecule has 1 N–H and O–H groups in total. The highest BCUT2D eigenvalue weighted by atomic mass is 19.4. The Morgan fingerprint density at radius 3 is 2.67 bits per heavy atom. The highest BCUT2D eigenvalue weighted by Gasteiger charge is 2.29. The molecule has 0 spiro atoms. The van der Waals surface area contributed by atoms with Gasteiger partial charge in [-0.25, -0.2) is 0 Å². The number of rotatable bonds is 3. The maximum atomic E-state index is 11.9. The number of aromatic nitrogens is 2. The van der Waals surface area contributed by atoms with E-state index in [1.807, 2.05) is 0 Å². The van der Waals surface area contributed by atoms with Gasteiger partial charge in [0.25, 0.3) is 0 Å². The molecule has 0 radical (unpaired) electrons. The van der Waals surface area contributed by atoms with E-state index in [1.54, 1.807) is 0 Å². The Balaban J connectivity index is 1.89. The largest absolute Gasteiger partial charge is 0.389 e. The van der Waals surface area contributed by atoms with Crippen molar-refractivity contribution in [2.75, 3.05) is 13.1 Å². The van der Waals surface area contributed by atoms with Crippen molar-refractivity contribution < 1.29 is 17.7 Å². The minimum absolute atomic E-state index is 0.134. The van der Waals surface area contributed by atoms with E-state index in [2.05, 4.69) is 15.5 Å². The van der Waals surface area contributed by atoms with Crippen molar-refractivity contribution in [3.8, 4) is 0 Å². The lowest BCUT2D eigenvalue weighted by atomic mass is 10.0. The third-order valence-electron chi connectivity index (χ3n) is 2.25. The van der Waals surface area contributed by atoms with Gasteiger partial charge in [0.2, 0.25) is 5.89 Å². The molecule has 0 aliphatic carbocycles. The van der Waals surface area contributed by atoms with Crippen LogP contribution in [0.5, 0.6) is 0 Å². The van der Waals surface area contributed by atoms with Gasteiger partial charge >= 0.3 is 6.18 Å². The summed E-state index contributed by atoms with van der Waals surface area (Å²) in [6.07, 6.45) is -5.29. The zero-order chi connectivity index (χ0) is 10.9. The van der Waals surface area contributed by atoms with Crippen LogP contribution in [0.3, 0.4) is 0 Å². The lowest BCUT2D eigenvalue weighted by Crippen LogP contribution is -2.40. The summed E-state index contributed by atoms with van der Waals surface area (Å²) in [7, 11) is 0. The summed E-state index contributed by atoms with van der Waals surface area (Å²) in [6.45, 7) is 1.50. The predicted octanol–water partition coefficient (Wildman–Crippen LogP) is 1.25. The van der Waals surface area contributed by atoms with Crippen molar-refractivity contribution in [3.63, 3.8) is 0 Å². The second-order valence-corrected chi connectivity index (χ2v) is 3.52. The van der Waals surface area contributed by atoms with E-state index in [9.17, 15) is 13.2 Å². The standard InChI is InChI=1S/C8H10F3N3O/c9-8(10,11)2-1-6-13-7(15-14-6)5-3-12-4-5/h5,12H,1-4H2. The fraction of sp³-hybridized carbons (Fsp3) is 0.750. The zero-order valence-electron chi connectivity index (χ0n) is 7.84. The molecule has 7 heteroatoms. The Labute approximate surface area is 83.8 Å². The third kappa shape index (κ3) is 2.68. The average molecular weight is 221 g/mol. The van der Waals surface area contributed by atoms with Crippen LogP contribution in [0.4, 0.5) is 13.2 Å². The van der Waals surface area contributed by atoms with Crippen LogP contribution in [0.25, 0.3) is 0 Å². The molecule has 0 unspecified atom stereocenters. The van der Waals surface area contributed by atoms with Crippen molar-refractivity contribution >= 4 is 0 Å². The molecule has 0 amide bonds. The molecule has 2 rings (SSSR count). The van der Waals surface area contributed by atoms with E-state index in [0.717, 1.165) is 13.1 Å². The maximum absolute atomic E-state index is 11.9. The summed E-state index contributed by atoms with van der Waals surface area (Å²) >= 11 is 0. The topological polar surface area (TPSA) is 51.0 Å². The van der Waals surface area contributed by atoms with Crippen LogP contribution in [-0.4, -0.2) is 29.4 Å². The first-order chi connectivity index (χ1) is 7.04. The maximum Gasteiger partial charge on any atom is 0.389 e. The normalized spacial score (nSPS) is 17.8. The first kappa shape index (κ1) is 10.4. The molecule has 1 aromatic rings. The third-order valence-corrected chi connectivity index (χ3v) is 2.25. The summed E-state index contributed by atoms with van der Waals surface area (Å²) in [4.78, 5) is 3.92. The Morgan fingerprint density at radius 1 is 1.40 bits per heavy atom. The van der Waals surface area contributed by atoms with E-state index >= 15 is 0 Å². The fourth-order valence-electron chi connectivity index (χ4n) is 1.25. The van der Waals surface area contributed by atoms with Crippen LogP contribution in [0, 0.1) is 0 Å². The molecule has 15 heavy (non-hydrogen) atoms. The molecular weight excluding hydrogens is 211 g/mol. The monoisotopic (exact) mass is 221 g/mol. The summed E-state index contributed by atoms with van der Waals surface area (Å²) < 4.78 is 40.5. The Kier molecular flexibility index (Phi) is 2.64. The Bertz CT molecular complexity index is 332. The van der Waals surface area contributed by atoms with Gasteiger partial charge in [0.15, 0.2) is 5.82 Å². The van der Waals surface area contributed by atoms with Gasteiger partial charge in [-0.2, -0.15) is 18.2 Å². The van der Waals surface area contributed by atoms with Crippen LogP contribution < -0.4 is 5.32 Å². The summed E-state index contributed by atoms with van der Waals surface area (Å²) in [5.74, 6) is 0.734. The number of nitrogens with zero attached hydrogens (tertiary/aromatic N) is 2. The molecule has 1 aliphatic rings. The zero-order valence-corrected chi connectivity index (χ0v) is 7.84. The van der Waals surface area contributed by atoms with Gasteiger partial charge in [-0.05, 0) is 0 Å². The van der Waals surface area contributed by atoms with Gasteiger partial charge in [-0.3, -0.25) is 0 Å². The number of nitrogens with one attached hydrogen (secondary N) is 1. The van der Waals surface area contributed by atoms with E-state index in [4.69, 9.17) is 4.52 Å². The number of alkyl halides is 3. The van der Waals surface area contributed by atoms with Crippen molar-refractivity contribution in [1.29, 1.82) is 0 Å². The van der Waals surface area contributed by atoms with Crippen molar-refractivity contribution in [3.05, 3.63) is 11.7 Å². The molecule has 0 atom stereocenters. The number of hydrogen-bond acceptors (Lipinski definition) is 4. The molecule has 84 valence electrons. The molecule has 2 heterocycles. The molecule has 1 aliphatic heterocycles. The van der Waals surface area contributed by atoms with Crippen LogP contribution in [0.2, 0.25) is 0 Å². The van der Waals surface area contributed by atoms with E-state index in [0.29, 0.717) is 5.89 Å². The quantitative estimate of drug-likeness (QED) is 0.834. The fourth-order valence-corrected chi connectivity index (χ4v) is 1.25. The smallest absolute Gasteiger partial charge is 0.339 e. The number of aryl methyl sites for hydroxylation is 1. The SMILES string of the molecule is FC(F)(F)CCc1noc(C2CNC2)n1. The first-order valence-corrected chi connectivity index (χ1v) is 4.64. The lowest BCUT2D eigenvalue weighted by Gasteiger charge is -2.22. The summed E-state index contributed by atoms with van der Waals surface area (Å²) in [5, 5.41) is 6.53. The van der Waals surface area contributed by atoms with Gasteiger partial charge in [0.1, 0.15) is 0 Å². The molecule has 1 aromatic heterocycles. The Hall–Kier alpha value is -1.11. The molecule has 1 fully saturated rings. The molecule has 0 saturated carbocycles. The van der Waals surface area contributed by atoms with Gasteiger partial charge in [0, 0.05) is 19.5 Å². The molecular formula is C8H10F3N3O. The number of halogens is 3. The van der Waals surface area contributed by atoms with Crippen LogP contribution in [-0.2, 0) is 6.42 Å². The minimum atomic E-state index is -4.17. The van der Waals surface area contributed by atoms with Crippen LogP contribution in [0.15, 0.2) is 4.52 Å². The van der Waals surface area contributed by atoms with Gasteiger partial charge in [-0.1, -0.05) is 5.16 Å². The molecule has 0 aromatic carbocycles. The van der Waals surface area contributed by atoms with Crippen LogP contribution >= 0.6 is 0 Å². The lowest BCUT2D eigenvalue weighted by molar-refractivity contribution is -0.134. The predicted molar refractivity (Wildman–Crippen MR) is 44.3 cm³/mol. The van der Waals surface area contributed by atoms with E-state index in [-0.39, 0.29) is 18.2 Å². The first-order valence-electron chi connectivity index (χ1n) is 4.64. The van der Waals surface area contributed by atoms with E-state index < -0.39 is 12.6 Å².